The van der Waals surface area contributed by atoms with Crippen LogP contribution < -0.4 is 10.6 Å². The van der Waals surface area contributed by atoms with E-state index < -0.39 is 30.1 Å². The molecule has 3 aromatic carbocycles. The second kappa shape index (κ2) is 15.5. The quantitative estimate of drug-likeness (QED) is 0.106. The predicted molar refractivity (Wildman–Crippen MR) is 181 cm³/mol. The van der Waals surface area contributed by atoms with Gasteiger partial charge in [-0.15, -0.1) is 0 Å². The molecule has 2 atom stereocenters. The van der Waals surface area contributed by atoms with Crippen LogP contribution in [0.4, 0.5) is 4.79 Å². The number of methoxy groups -OCH3 is 1. The van der Waals surface area contributed by atoms with Crippen LogP contribution in [0, 0.1) is 5.92 Å². The lowest BCUT2D eigenvalue weighted by Gasteiger charge is -2.24. The number of alkyl carbamates (subject to hydrolysis) is 1. The van der Waals surface area contributed by atoms with Crippen molar-refractivity contribution in [3.63, 3.8) is 0 Å². The van der Waals surface area contributed by atoms with Crippen LogP contribution in [0.2, 0.25) is 0 Å². The van der Waals surface area contributed by atoms with E-state index in [4.69, 9.17) is 13.9 Å². The van der Waals surface area contributed by atoms with E-state index in [2.05, 4.69) is 36.5 Å². The summed E-state index contributed by atoms with van der Waals surface area (Å²) in [5, 5.41) is 16.1. The largest absolute Gasteiger partial charge is 0.508 e. The van der Waals surface area contributed by atoms with Crippen LogP contribution in [0.1, 0.15) is 54.8 Å². The van der Waals surface area contributed by atoms with Crippen LogP contribution in [0.5, 0.6) is 5.75 Å². The summed E-state index contributed by atoms with van der Waals surface area (Å²) in [6, 6.07) is 19.3. The number of hydrogen-bond donors (Lipinski definition) is 4. The van der Waals surface area contributed by atoms with Crippen molar-refractivity contribution in [2.75, 3.05) is 7.11 Å². The molecule has 47 heavy (non-hydrogen) atoms. The van der Waals surface area contributed by atoms with Gasteiger partial charge in [0.05, 0.1) is 12.6 Å². The number of nitrogens with zero attached hydrogens (tertiary/aromatic N) is 1. The van der Waals surface area contributed by atoms with Crippen molar-refractivity contribution in [2.45, 2.75) is 46.4 Å². The Balaban J connectivity index is 0.00000500. The lowest BCUT2D eigenvalue weighted by molar-refractivity contribution is -0.124. The number of esters is 1. The first-order valence-corrected chi connectivity index (χ1v) is 15.3. The molecule has 0 bridgehead atoms. The van der Waals surface area contributed by atoms with Crippen molar-refractivity contribution < 1.29 is 33.4 Å². The molecule has 0 radical (unpaired) electrons. The molecule has 2 heterocycles. The van der Waals surface area contributed by atoms with E-state index in [1.165, 1.54) is 19.2 Å². The van der Waals surface area contributed by atoms with Gasteiger partial charge in [0.2, 0.25) is 11.8 Å². The maximum atomic E-state index is 13.8. The highest BCUT2D eigenvalue weighted by Crippen LogP contribution is 2.36. The normalized spacial score (nSPS) is 12.2. The highest BCUT2D eigenvalue weighted by Gasteiger charge is 2.32. The van der Waals surface area contributed by atoms with E-state index >= 15 is 0 Å². The minimum absolute atomic E-state index is 0. The van der Waals surface area contributed by atoms with Crippen molar-refractivity contribution in [3.8, 4) is 17.1 Å². The second-order valence-corrected chi connectivity index (χ2v) is 11.8. The summed E-state index contributed by atoms with van der Waals surface area (Å²) < 4.78 is 17.5. The molecular weight excluding hydrogens is 668 g/mol. The number of carbonyl (C=O) groups is 3. The van der Waals surface area contributed by atoms with E-state index in [1.54, 1.807) is 18.3 Å². The number of phenolic OH excluding ortho intramolecular Hbond substituents is 1. The molecule has 0 aliphatic rings. The zero-order valence-corrected chi connectivity index (χ0v) is 27.0. The number of amides is 2. The summed E-state index contributed by atoms with van der Waals surface area (Å²) in [6.45, 7) is 3.76. The van der Waals surface area contributed by atoms with Crippen LogP contribution in [0.3, 0.4) is 0 Å². The SMILES string of the molecule is C.COC(=O)c1nc([C@@H](NC(=O)[C@H](Cc2ccc(O)cc2)NC(=O)OCc2ccccc2)C(C)C)oc1-c1c[nH]c2c(Br)cccc12. The minimum atomic E-state index is -1.06. The van der Waals surface area contributed by atoms with Crippen LogP contribution in [-0.2, 0) is 27.3 Å². The monoisotopic (exact) mass is 704 g/mol. The number of aromatic hydroxyl groups is 1. The zero-order valence-electron chi connectivity index (χ0n) is 25.4. The number of halogens is 1. The number of aromatic amines is 1. The van der Waals surface area contributed by atoms with Gasteiger partial charge in [-0.2, -0.15) is 0 Å². The molecule has 0 saturated carbocycles. The number of aromatic nitrogens is 2. The molecule has 0 spiro atoms. The van der Waals surface area contributed by atoms with Gasteiger partial charge in [0.1, 0.15) is 24.4 Å². The fraction of sp³-hybridized carbons (Fsp3) is 0.257. The highest BCUT2D eigenvalue weighted by atomic mass is 79.9. The number of hydrogen-bond acceptors (Lipinski definition) is 8. The number of benzene rings is 3. The Morgan fingerprint density at radius 3 is 2.38 bits per heavy atom. The number of rotatable bonds is 11. The van der Waals surface area contributed by atoms with Gasteiger partial charge in [-0.05, 0) is 51.2 Å². The Labute approximate surface area is 280 Å². The van der Waals surface area contributed by atoms with Gasteiger partial charge < -0.3 is 34.6 Å². The van der Waals surface area contributed by atoms with E-state index in [1.807, 2.05) is 62.4 Å². The van der Waals surface area contributed by atoms with Gasteiger partial charge in [0.25, 0.3) is 0 Å². The summed E-state index contributed by atoms with van der Waals surface area (Å²) in [5.74, 6) is -1.11. The number of para-hydroxylation sites is 1. The molecule has 12 heteroatoms. The highest BCUT2D eigenvalue weighted by molar-refractivity contribution is 9.10. The molecule has 5 aromatic rings. The van der Waals surface area contributed by atoms with Crippen molar-refractivity contribution in [2.24, 2.45) is 5.92 Å². The number of ether oxygens (including phenoxy) is 2. The maximum absolute atomic E-state index is 13.8. The van der Waals surface area contributed by atoms with E-state index in [9.17, 15) is 19.5 Å². The van der Waals surface area contributed by atoms with Crippen molar-refractivity contribution in [1.82, 2.24) is 20.6 Å². The van der Waals surface area contributed by atoms with E-state index in [0.29, 0.717) is 11.1 Å². The molecule has 0 saturated heterocycles. The number of H-pyrrole nitrogens is 1. The fourth-order valence-electron chi connectivity index (χ4n) is 4.94. The summed E-state index contributed by atoms with van der Waals surface area (Å²) >= 11 is 3.53. The summed E-state index contributed by atoms with van der Waals surface area (Å²) in [4.78, 5) is 47.2. The first-order chi connectivity index (χ1) is 22.1. The van der Waals surface area contributed by atoms with Crippen molar-refractivity contribution in [1.29, 1.82) is 0 Å². The molecule has 4 N–H and O–H groups in total. The molecule has 246 valence electrons. The Kier molecular flexibility index (Phi) is 11.4. The minimum Gasteiger partial charge on any atom is -0.508 e. The molecule has 2 aromatic heterocycles. The van der Waals surface area contributed by atoms with Gasteiger partial charge >= 0.3 is 12.1 Å². The van der Waals surface area contributed by atoms with Crippen LogP contribution in [-0.4, -0.2) is 46.2 Å². The summed E-state index contributed by atoms with van der Waals surface area (Å²) in [6.07, 6.45) is 1.04. The number of oxazole rings is 1. The van der Waals surface area contributed by atoms with Crippen LogP contribution >= 0.6 is 15.9 Å². The smallest absolute Gasteiger partial charge is 0.408 e. The predicted octanol–water partition coefficient (Wildman–Crippen LogP) is 7.06. The molecule has 5 rings (SSSR count). The van der Waals surface area contributed by atoms with Crippen molar-refractivity contribution in [3.05, 3.63) is 106 Å². The topological polar surface area (TPSA) is 156 Å². The first-order valence-electron chi connectivity index (χ1n) is 14.5. The van der Waals surface area contributed by atoms with E-state index in [-0.39, 0.29) is 49.5 Å². The number of nitrogens with one attached hydrogen (secondary N) is 3. The maximum Gasteiger partial charge on any atom is 0.408 e. The third-order valence-corrected chi connectivity index (χ3v) is 8.02. The van der Waals surface area contributed by atoms with Gasteiger partial charge in [-0.3, -0.25) is 4.79 Å². The first kappa shape index (κ1) is 34.8. The summed E-state index contributed by atoms with van der Waals surface area (Å²) in [5.41, 5.74) is 2.85. The third kappa shape index (κ3) is 8.20. The van der Waals surface area contributed by atoms with Gasteiger partial charge in [0, 0.05) is 28.0 Å². The third-order valence-electron chi connectivity index (χ3n) is 7.36. The van der Waals surface area contributed by atoms with Gasteiger partial charge in [-0.1, -0.05) is 75.9 Å². The lowest BCUT2D eigenvalue weighted by atomic mass is 10.0. The molecule has 11 nitrogen and oxygen atoms in total. The number of fused-ring (bicyclic) bond motifs is 1. The van der Waals surface area contributed by atoms with Gasteiger partial charge in [0.15, 0.2) is 11.5 Å². The Morgan fingerprint density at radius 2 is 1.70 bits per heavy atom. The molecular formula is C35H37BrN4O7. The zero-order chi connectivity index (χ0) is 32.8. The Hall–Kier alpha value is -5.10. The van der Waals surface area contributed by atoms with Crippen LogP contribution in [0.25, 0.3) is 22.2 Å². The molecule has 2 amide bonds. The molecule has 0 unspecified atom stereocenters. The average molecular weight is 706 g/mol. The number of carbonyl (C=O) groups excluding carboxylic acids is 3. The number of phenols is 1. The second-order valence-electron chi connectivity index (χ2n) is 10.9. The molecule has 0 fully saturated rings. The molecule has 0 aliphatic heterocycles. The lowest BCUT2D eigenvalue weighted by Crippen LogP contribution is -2.49. The fourth-order valence-corrected chi connectivity index (χ4v) is 5.42. The Bertz CT molecular complexity index is 1830. The average Bonchev–Trinajstić information content (AvgIpc) is 3.68. The van der Waals surface area contributed by atoms with Gasteiger partial charge in [-0.25, -0.2) is 14.6 Å². The summed E-state index contributed by atoms with van der Waals surface area (Å²) in [7, 11) is 1.25. The Morgan fingerprint density at radius 1 is 0.979 bits per heavy atom. The molecule has 0 aliphatic carbocycles. The standard InChI is InChI=1S/C34H33BrN4O7.CH4/c1-19(2)27(32-39-29(33(42)44-3)30(46-32)24-17-36-28-23(24)10-7-11-25(28)35)38-31(41)26(16-20-12-14-22(40)15-13-20)37-34(43)45-18-21-8-5-4-6-9-21;/h4-15,17,19,26-27,36,40H,16,18H2,1-3H3,(H,37,43)(H,38,41);1H4/t26-,27-;/m0./s1. The van der Waals surface area contributed by atoms with E-state index in [0.717, 1.165) is 20.9 Å². The van der Waals surface area contributed by atoms with Crippen molar-refractivity contribution >= 4 is 44.8 Å². The van der Waals surface area contributed by atoms with Crippen LogP contribution in [0.15, 0.2) is 87.9 Å².